The van der Waals surface area contributed by atoms with E-state index in [9.17, 15) is 4.79 Å². The third-order valence-corrected chi connectivity index (χ3v) is 7.38. The molecule has 0 saturated heterocycles. The second kappa shape index (κ2) is 9.47. The highest BCUT2D eigenvalue weighted by Gasteiger charge is 2.36. The molecule has 0 radical (unpaired) electrons. The SMILES string of the molecule is COc1ccc([C@@H]2CC(=O)C3=C(C2)Nc2ccccc2N[C@@H]3c2ccc(SC)cc2)cc1OC. The summed E-state index contributed by atoms with van der Waals surface area (Å²) >= 11 is 1.71. The zero-order valence-corrected chi connectivity index (χ0v) is 20.4. The van der Waals surface area contributed by atoms with Crippen LogP contribution >= 0.6 is 11.8 Å². The molecule has 5 nitrogen and oxygen atoms in total. The Morgan fingerprint density at radius 3 is 2.26 bits per heavy atom. The molecular formula is C28H28N2O3S. The number of rotatable bonds is 5. The Hall–Kier alpha value is -3.38. The van der Waals surface area contributed by atoms with E-state index in [-0.39, 0.29) is 17.7 Å². The van der Waals surface area contributed by atoms with E-state index in [4.69, 9.17) is 9.47 Å². The number of para-hydroxylation sites is 2. The number of allylic oxidation sites excluding steroid dienone is 1. The largest absolute Gasteiger partial charge is 0.493 e. The van der Waals surface area contributed by atoms with Crippen molar-refractivity contribution < 1.29 is 14.3 Å². The van der Waals surface area contributed by atoms with Crippen LogP contribution in [0.15, 0.2) is 82.9 Å². The average molecular weight is 473 g/mol. The fourth-order valence-corrected chi connectivity index (χ4v) is 5.29. The van der Waals surface area contributed by atoms with E-state index in [1.165, 1.54) is 4.90 Å². The van der Waals surface area contributed by atoms with Crippen LogP contribution in [0.1, 0.15) is 35.9 Å². The number of carbonyl (C=O) groups is 1. The van der Waals surface area contributed by atoms with Crippen LogP contribution in [0.2, 0.25) is 0 Å². The fourth-order valence-electron chi connectivity index (χ4n) is 4.88. The third kappa shape index (κ3) is 4.14. The maximum absolute atomic E-state index is 13.7. The first kappa shape index (κ1) is 22.4. The molecule has 0 amide bonds. The summed E-state index contributed by atoms with van der Waals surface area (Å²) in [7, 11) is 3.27. The zero-order chi connectivity index (χ0) is 23.7. The smallest absolute Gasteiger partial charge is 0.163 e. The van der Waals surface area contributed by atoms with E-state index < -0.39 is 0 Å². The Balaban J connectivity index is 1.56. The molecule has 2 atom stereocenters. The topological polar surface area (TPSA) is 59.6 Å². The summed E-state index contributed by atoms with van der Waals surface area (Å²) < 4.78 is 10.9. The van der Waals surface area contributed by atoms with Crippen molar-refractivity contribution >= 4 is 28.9 Å². The van der Waals surface area contributed by atoms with Gasteiger partial charge in [-0.1, -0.05) is 30.3 Å². The second-order valence-electron chi connectivity index (χ2n) is 8.56. The van der Waals surface area contributed by atoms with E-state index in [2.05, 4.69) is 53.3 Å². The van der Waals surface area contributed by atoms with Gasteiger partial charge in [-0.3, -0.25) is 4.79 Å². The van der Waals surface area contributed by atoms with E-state index >= 15 is 0 Å². The number of methoxy groups -OCH3 is 2. The van der Waals surface area contributed by atoms with E-state index in [0.717, 1.165) is 40.2 Å². The van der Waals surface area contributed by atoms with Crippen LogP contribution in [0.5, 0.6) is 11.5 Å². The zero-order valence-electron chi connectivity index (χ0n) is 19.6. The lowest BCUT2D eigenvalue weighted by molar-refractivity contribution is -0.116. The minimum Gasteiger partial charge on any atom is -0.493 e. The lowest BCUT2D eigenvalue weighted by Gasteiger charge is -2.30. The van der Waals surface area contributed by atoms with Crippen molar-refractivity contribution in [2.24, 2.45) is 0 Å². The first-order chi connectivity index (χ1) is 16.6. The number of Topliss-reactive ketones (excluding diaryl/α,β-unsaturated/α-hetero) is 1. The average Bonchev–Trinajstić information content (AvgIpc) is 3.05. The number of anilines is 2. The third-order valence-electron chi connectivity index (χ3n) is 6.64. The van der Waals surface area contributed by atoms with Gasteiger partial charge in [0.05, 0.1) is 31.6 Å². The van der Waals surface area contributed by atoms with Crippen molar-refractivity contribution in [2.45, 2.75) is 29.7 Å². The number of ketones is 1. The minimum absolute atomic E-state index is 0.0586. The maximum Gasteiger partial charge on any atom is 0.163 e. The van der Waals surface area contributed by atoms with Gasteiger partial charge in [-0.05, 0) is 66.1 Å². The Morgan fingerprint density at radius 1 is 0.853 bits per heavy atom. The van der Waals surface area contributed by atoms with Gasteiger partial charge >= 0.3 is 0 Å². The van der Waals surface area contributed by atoms with E-state index in [1.54, 1.807) is 26.0 Å². The lowest BCUT2D eigenvalue weighted by Crippen LogP contribution is -2.26. The van der Waals surface area contributed by atoms with Gasteiger partial charge in [0.1, 0.15) is 0 Å². The maximum atomic E-state index is 13.7. The second-order valence-corrected chi connectivity index (χ2v) is 9.44. The minimum atomic E-state index is -0.207. The van der Waals surface area contributed by atoms with Crippen LogP contribution in [0.3, 0.4) is 0 Å². The van der Waals surface area contributed by atoms with Crippen molar-refractivity contribution in [3.8, 4) is 11.5 Å². The van der Waals surface area contributed by atoms with Crippen LogP contribution in [-0.4, -0.2) is 26.3 Å². The van der Waals surface area contributed by atoms with Crippen LogP contribution in [0.4, 0.5) is 11.4 Å². The first-order valence-electron chi connectivity index (χ1n) is 11.4. The molecule has 34 heavy (non-hydrogen) atoms. The van der Waals surface area contributed by atoms with Gasteiger partial charge in [0, 0.05) is 22.6 Å². The van der Waals surface area contributed by atoms with Gasteiger partial charge in [0.15, 0.2) is 17.3 Å². The Kier molecular flexibility index (Phi) is 6.24. The summed E-state index contributed by atoms with van der Waals surface area (Å²) in [6, 6.07) is 22.3. The van der Waals surface area contributed by atoms with Gasteiger partial charge < -0.3 is 20.1 Å². The summed E-state index contributed by atoms with van der Waals surface area (Å²) in [5, 5.41) is 7.25. The summed E-state index contributed by atoms with van der Waals surface area (Å²) in [6.07, 6.45) is 3.26. The normalized spacial score (nSPS) is 19.3. The Labute approximate surface area is 204 Å². The van der Waals surface area contributed by atoms with Crippen molar-refractivity contribution in [3.63, 3.8) is 0 Å². The summed E-state index contributed by atoms with van der Waals surface area (Å²) in [5.41, 5.74) is 5.94. The molecule has 174 valence electrons. The Morgan fingerprint density at radius 2 is 1.56 bits per heavy atom. The molecule has 0 spiro atoms. The van der Waals surface area contributed by atoms with Crippen molar-refractivity contribution in [3.05, 3.63) is 89.1 Å². The number of ether oxygens (including phenoxy) is 2. The number of carbonyl (C=O) groups excluding carboxylic acids is 1. The molecule has 0 unspecified atom stereocenters. The standard InChI is InChI=1S/C28H28N2O3S/c1-32-25-13-10-18(16-26(25)33-2)19-14-23-27(24(31)15-19)28(17-8-11-20(34-3)12-9-17)30-22-7-5-4-6-21(22)29-23/h4-13,16,19,28-30H,14-15H2,1-3H3/t19-,28+/m0/s1. The monoisotopic (exact) mass is 472 g/mol. The van der Waals surface area contributed by atoms with Gasteiger partial charge in [0.2, 0.25) is 0 Å². The predicted octanol–water partition coefficient (Wildman–Crippen LogP) is 6.41. The molecule has 6 heteroatoms. The summed E-state index contributed by atoms with van der Waals surface area (Å²) in [6.45, 7) is 0. The van der Waals surface area contributed by atoms with Gasteiger partial charge in [-0.15, -0.1) is 11.8 Å². The molecule has 3 aromatic carbocycles. The van der Waals surface area contributed by atoms with Crippen molar-refractivity contribution in [2.75, 3.05) is 31.1 Å². The van der Waals surface area contributed by atoms with Crippen molar-refractivity contribution in [1.29, 1.82) is 0 Å². The van der Waals surface area contributed by atoms with Crippen LogP contribution in [-0.2, 0) is 4.79 Å². The molecule has 2 aliphatic rings. The number of benzene rings is 3. The quantitative estimate of drug-likeness (QED) is 0.419. The van der Waals surface area contributed by atoms with Crippen LogP contribution in [0, 0.1) is 0 Å². The van der Waals surface area contributed by atoms with Gasteiger partial charge in [-0.2, -0.15) is 0 Å². The van der Waals surface area contributed by atoms with Crippen LogP contribution < -0.4 is 20.1 Å². The van der Waals surface area contributed by atoms with E-state index in [0.29, 0.717) is 17.9 Å². The van der Waals surface area contributed by atoms with Crippen LogP contribution in [0.25, 0.3) is 0 Å². The molecule has 0 saturated carbocycles. The summed E-state index contributed by atoms with van der Waals surface area (Å²) in [5.74, 6) is 1.59. The highest BCUT2D eigenvalue weighted by molar-refractivity contribution is 7.98. The Bertz CT molecular complexity index is 1250. The number of fused-ring (bicyclic) bond motifs is 1. The molecule has 0 bridgehead atoms. The number of hydrogen-bond acceptors (Lipinski definition) is 6. The van der Waals surface area contributed by atoms with Crippen molar-refractivity contribution in [1.82, 2.24) is 0 Å². The van der Waals surface area contributed by atoms with Gasteiger partial charge in [0.25, 0.3) is 0 Å². The highest BCUT2D eigenvalue weighted by Crippen LogP contribution is 2.45. The molecule has 5 rings (SSSR count). The lowest BCUT2D eigenvalue weighted by atomic mass is 9.78. The molecule has 0 aromatic heterocycles. The molecule has 3 aromatic rings. The highest BCUT2D eigenvalue weighted by atomic mass is 32.2. The fraction of sp³-hybridized carbons (Fsp3) is 0.250. The number of thioether (sulfide) groups is 1. The molecule has 1 aliphatic carbocycles. The summed E-state index contributed by atoms with van der Waals surface area (Å²) in [4.78, 5) is 14.9. The molecule has 0 fully saturated rings. The molecule has 1 heterocycles. The molecular weight excluding hydrogens is 444 g/mol. The number of nitrogens with one attached hydrogen (secondary N) is 2. The van der Waals surface area contributed by atoms with E-state index in [1.807, 2.05) is 30.3 Å². The molecule has 2 N–H and O–H groups in total. The first-order valence-corrected chi connectivity index (χ1v) is 12.6. The molecule has 1 aliphatic heterocycles. The number of hydrogen-bond donors (Lipinski definition) is 2. The predicted molar refractivity (Wildman–Crippen MR) is 138 cm³/mol. The van der Waals surface area contributed by atoms with Gasteiger partial charge in [-0.25, -0.2) is 0 Å².